The molecule has 0 heterocycles. The van der Waals surface area contributed by atoms with Gasteiger partial charge in [-0.05, 0) is 23.8 Å². The summed E-state index contributed by atoms with van der Waals surface area (Å²) in [7, 11) is 0. The molecule has 3 N–H and O–H groups in total. The first kappa shape index (κ1) is 15.4. The molecule has 2 aromatic carbocycles. The van der Waals surface area contributed by atoms with Gasteiger partial charge in [-0.3, -0.25) is 9.59 Å². The average molecular weight is 323 g/mol. The number of nitrogens with two attached hydrogens (primary N) is 1. The molecular weight excluding hydrogens is 311 g/mol. The number of rotatable bonds is 4. The van der Waals surface area contributed by atoms with Crippen LogP contribution < -0.4 is 11.1 Å². The summed E-state index contributed by atoms with van der Waals surface area (Å²) in [4.78, 5) is 23.8. The molecular formula is C15H12Cl2N2O2. The zero-order valence-electron chi connectivity index (χ0n) is 10.8. The van der Waals surface area contributed by atoms with Gasteiger partial charge in [0.25, 0.3) is 5.91 Å². The van der Waals surface area contributed by atoms with E-state index in [0.717, 1.165) is 0 Å². The van der Waals surface area contributed by atoms with Gasteiger partial charge in [-0.2, -0.15) is 0 Å². The van der Waals surface area contributed by atoms with Crippen LogP contribution in [0, 0.1) is 0 Å². The molecule has 4 nitrogen and oxygen atoms in total. The largest absolute Gasteiger partial charge is 0.368 e. The van der Waals surface area contributed by atoms with Crippen molar-refractivity contribution in [3.63, 3.8) is 0 Å². The molecule has 108 valence electrons. The smallest absolute Gasteiger partial charge is 0.252 e. The second kappa shape index (κ2) is 6.61. The Hall–Kier alpha value is -2.04. The molecule has 1 atom stereocenters. The van der Waals surface area contributed by atoms with Gasteiger partial charge in [0.15, 0.2) is 0 Å². The Kier molecular flexibility index (Phi) is 4.83. The van der Waals surface area contributed by atoms with Crippen molar-refractivity contribution < 1.29 is 9.59 Å². The minimum absolute atomic E-state index is 0.259. The Labute approximate surface area is 131 Å². The number of nitrogens with one attached hydrogen (secondary N) is 1. The van der Waals surface area contributed by atoms with Crippen molar-refractivity contribution in [1.82, 2.24) is 5.32 Å². The number of amides is 2. The molecule has 0 fully saturated rings. The van der Waals surface area contributed by atoms with E-state index in [-0.39, 0.29) is 5.56 Å². The van der Waals surface area contributed by atoms with E-state index in [1.807, 2.05) is 0 Å². The lowest BCUT2D eigenvalue weighted by molar-refractivity contribution is -0.120. The molecule has 0 saturated heterocycles. The van der Waals surface area contributed by atoms with Gasteiger partial charge in [0, 0.05) is 15.6 Å². The van der Waals surface area contributed by atoms with Crippen molar-refractivity contribution >= 4 is 35.0 Å². The van der Waals surface area contributed by atoms with Crippen LogP contribution in [0.15, 0.2) is 48.5 Å². The van der Waals surface area contributed by atoms with Crippen LogP contribution in [0.4, 0.5) is 0 Å². The molecule has 2 aromatic rings. The first-order valence-corrected chi connectivity index (χ1v) is 6.84. The van der Waals surface area contributed by atoms with Crippen LogP contribution in [0.3, 0.4) is 0 Å². The molecule has 0 radical (unpaired) electrons. The van der Waals surface area contributed by atoms with E-state index in [4.69, 9.17) is 28.9 Å². The standard InChI is InChI=1S/C15H12Cl2N2O2/c16-11-6-10(7-12(17)8-11)15(21)19-13(14(18)20)9-4-2-1-3-5-9/h1-8,13H,(H2,18,20)(H,19,21). The van der Waals surface area contributed by atoms with E-state index < -0.39 is 17.9 Å². The van der Waals surface area contributed by atoms with Crippen molar-refractivity contribution in [2.75, 3.05) is 0 Å². The highest BCUT2D eigenvalue weighted by Gasteiger charge is 2.21. The van der Waals surface area contributed by atoms with Crippen molar-refractivity contribution in [3.05, 3.63) is 69.7 Å². The Morgan fingerprint density at radius 1 is 1.00 bits per heavy atom. The molecule has 0 spiro atoms. The Morgan fingerprint density at radius 2 is 1.57 bits per heavy atom. The van der Waals surface area contributed by atoms with Crippen LogP contribution >= 0.6 is 23.2 Å². The predicted octanol–water partition coefficient (Wildman–Crippen LogP) is 2.95. The summed E-state index contributed by atoms with van der Waals surface area (Å²) in [6.07, 6.45) is 0. The van der Waals surface area contributed by atoms with Crippen LogP contribution in [-0.2, 0) is 4.79 Å². The average Bonchev–Trinajstić information content (AvgIpc) is 2.44. The maximum Gasteiger partial charge on any atom is 0.252 e. The zero-order chi connectivity index (χ0) is 15.4. The molecule has 0 aromatic heterocycles. The highest BCUT2D eigenvalue weighted by atomic mass is 35.5. The van der Waals surface area contributed by atoms with E-state index in [1.165, 1.54) is 18.2 Å². The molecule has 0 aliphatic carbocycles. The number of hydrogen-bond acceptors (Lipinski definition) is 2. The van der Waals surface area contributed by atoms with Crippen LogP contribution in [-0.4, -0.2) is 11.8 Å². The van der Waals surface area contributed by atoms with Gasteiger partial charge in [-0.25, -0.2) is 0 Å². The van der Waals surface area contributed by atoms with Gasteiger partial charge in [0.2, 0.25) is 5.91 Å². The third-order valence-electron chi connectivity index (χ3n) is 2.82. The number of primary amides is 1. The fourth-order valence-corrected chi connectivity index (χ4v) is 2.39. The summed E-state index contributed by atoms with van der Waals surface area (Å²) < 4.78 is 0. The fourth-order valence-electron chi connectivity index (χ4n) is 1.86. The molecule has 0 bridgehead atoms. The monoisotopic (exact) mass is 322 g/mol. The Morgan fingerprint density at radius 3 is 2.10 bits per heavy atom. The van der Waals surface area contributed by atoms with Gasteiger partial charge < -0.3 is 11.1 Å². The second-order valence-corrected chi connectivity index (χ2v) is 5.25. The molecule has 0 aliphatic rings. The fraction of sp³-hybridized carbons (Fsp3) is 0.0667. The number of carbonyl (C=O) groups excluding carboxylic acids is 2. The Balaban J connectivity index is 2.25. The predicted molar refractivity (Wildman–Crippen MR) is 82.3 cm³/mol. The number of carbonyl (C=O) groups is 2. The van der Waals surface area contributed by atoms with Crippen molar-refractivity contribution in [3.8, 4) is 0 Å². The summed E-state index contributed by atoms with van der Waals surface area (Å²) in [5.41, 5.74) is 6.21. The lowest BCUT2D eigenvalue weighted by Crippen LogP contribution is -2.37. The molecule has 0 aliphatic heterocycles. The molecule has 6 heteroatoms. The van der Waals surface area contributed by atoms with E-state index in [1.54, 1.807) is 30.3 Å². The quantitative estimate of drug-likeness (QED) is 0.908. The SMILES string of the molecule is NC(=O)C(NC(=O)c1cc(Cl)cc(Cl)c1)c1ccccc1. The van der Waals surface area contributed by atoms with Gasteiger partial charge in [-0.1, -0.05) is 53.5 Å². The lowest BCUT2D eigenvalue weighted by Gasteiger charge is -2.16. The van der Waals surface area contributed by atoms with Crippen LogP contribution in [0.25, 0.3) is 0 Å². The third kappa shape index (κ3) is 3.97. The van der Waals surface area contributed by atoms with Gasteiger partial charge in [0.05, 0.1) is 0 Å². The van der Waals surface area contributed by atoms with Crippen LogP contribution in [0.5, 0.6) is 0 Å². The first-order chi connectivity index (χ1) is 9.97. The number of halogens is 2. The van der Waals surface area contributed by atoms with Crippen LogP contribution in [0.1, 0.15) is 22.0 Å². The van der Waals surface area contributed by atoms with Crippen molar-refractivity contribution in [2.24, 2.45) is 5.73 Å². The molecule has 2 rings (SSSR count). The van der Waals surface area contributed by atoms with Gasteiger partial charge >= 0.3 is 0 Å². The number of hydrogen-bond donors (Lipinski definition) is 2. The number of benzene rings is 2. The Bertz CT molecular complexity index is 654. The zero-order valence-corrected chi connectivity index (χ0v) is 12.4. The molecule has 0 saturated carbocycles. The third-order valence-corrected chi connectivity index (χ3v) is 3.25. The highest BCUT2D eigenvalue weighted by Crippen LogP contribution is 2.20. The maximum atomic E-state index is 12.2. The van der Waals surface area contributed by atoms with E-state index in [0.29, 0.717) is 15.6 Å². The highest BCUT2D eigenvalue weighted by molar-refractivity contribution is 6.35. The van der Waals surface area contributed by atoms with Gasteiger partial charge in [-0.15, -0.1) is 0 Å². The molecule has 1 unspecified atom stereocenters. The van der Waals surface area contributed by atoms with Crippen molar-refractivity contribution in [1.29, 1.82) is 0 Å². The minimum atomic E-state index is -0.920. The summed E-state index contributed by atoms with van der Waals surface area (Å²) >= 11 is 11.7. The van der Waals surface area contributed by atoms with Gasteiger partial charge in [0.1, 0.15) is 6.04 Å². The summed E-state index contributed by atoms with van der Waals surface area (Å²) in [6.45, 7) is 0. The minimum Gasteiger partial charge on any atom is -0.368 e. The van der Waals surface area contributed by atoms with E-state index in [2.05, 4.69) is 5.32 Å². The summed E-state index contributed by atoms with van der Waals surface area (Å²) in [6, 6.07) is 12.3. The molecule has 2 amide bonds. The van der Waals surface area contributed by atoms with Crippen LogP contribution in [0.2, 0.25) is 10.0 Å². The van der Waals surface area contributed by atoms with Crippen molar-refractivity contribution in [2.45, 2.75) is 6.04 Å². The summed E-state index contributed by atoms with van der Waals surface area (Å²) in [5, 5.41) is 3.24. The first-order valence-electron chi connectivity index (χ1n) is 6.08. The second-order valence-electron chi connectivity index (χ2n) is 4.38. The van der Waals surface area contributed by atoms with E-state index >= 15 is 0 Å². The normalized spacial score (nSPS) is 11.7. The topological polar surface area (TPSA) is 72.2 Å². The molecule has 21 heavy (non-hydrogen) atoms. The lowest BCUT2D eigenvalue weighted by atomic mass is 10.1. The van der Waals surface area contributed by atoms with E-state index in [9.17, 15) is 9.59 Å². The summed E-state index contributed by atoms with van der Waals surface area (Å²) in [5.74, 6) is -1.13. The maximum absolute atomic E-state index is 12.2.